The van der Waals surface area contributed by atoms with Crippen molar-refractivity contribution < 1.29 is 9.53 Å². The summed E-state index contributed by atoms with van der Waals surface area (Å²) >= 11 is 6.38. The lowest BCUT2D eigenvalue weighted by molar-refractivity contribution is 0.0526. The van der Waals surface area contributed by atoms with Gasteiger partial charge in [0.15, 0.2) is 0 Å². The molecule has 2 aromatic carbocycles. The van der Waals surface area contributed by atoms with E-state index >= 15 is 0 Å². The van der Waals surface area contributed by atoms with Crippen LogP contribution < -0.4 is 0 Å². The summed E-state index contributed by atoms with van der Waals surface area (Å²) in [5.74, 6) is -0.277. The molecule has 0 bridgehead atoms. The van der Waals surface area contributed by atoms with Crippen LogP contribution in [0.3, 0.4) is 0 Å². The second-order valence-corrected chi connectivity index (χ2v) is 7.63. The highest BCUT2D eigenvalue weighted by Gasteiger charge is 2.18. The fraction of sp³-hybridized carbons (Fsp3) is 0.316. The van der Waals surface area contributed by atoms with Crippen LogP contribution in [0.5, 0.6) is 0 Å². The van der Waals surface area contributed by atoms with Crippen LogP contribution in [0.25, 0.3) is 0 Å². The highest BCUT2D eigenvalue weighted by atomic mass is 32.2. The second-order valence-electron chi connectivity index (χ2n) is 5.50. The second kappa shape index (κ2) is 7.93. The van der Waals surface area contributed by atoms with Crippen molar-refractivity contribution in [2.45, 2.75) is 41.7 Å². The van der Waals surface area contributed by atoms with E-state index in [1.165, 1.54) is 5.56 Å². The summed E-state index contributed by atoms with van der Waals surface area (Å²) in [5, 5.41) is 0. The maximum atomic E-state index is 11.6. The first-order valence-corrected chi connectivity index (χ1v) is 9.00. The highest BCUT2D eigenvalue weighted by Crippen LogP contribution is 2.34. The molecule has 1 unspecified atom stereocenters. The maximum Gasteiger partial charge on any atom is 0.338 e. The predicted octanol–water partition coefficient (Wildman–Crippen LogP) is 5.57. The zero-order valence-electron chi connectivity index (χ0n) is 13.7. The topological polar surface area (TPSA) is 26.3 Å². The monoisotopic (exact) mass is 346 g/mol. The fourth-order valence-electron chi connectivity index (χ4n) is 2.10. The summed E-state index contributed by atoms with van der Waals surface area (Å²) in [6, 6.07) is 16.0. The van der Waals surface area contributed by atoms with E-state index in [1.807, 2.05) is 12.1 Å². The normalized spacial score (nSPS) is 13.4. The lowest BCUT2D eigenvalue weighted by atomic mass is 9.98. The maximum absolute atomic E-state index is 11.6. The number of benzene rings is 2. The molecule has 2 aromatic rings. The van der Waals surface area contributed by atoms with Crippen molar-refractivity contribution in [1.82, 2.24) is 0 Å². The van der Waals surface area contributed by atoms with Crippen molar-refractivity contribution in [3.8, 4) is 0 Å². The molecule has 1 atom stereocenters. The Hall–Kier alpha value is -1.39. The first-order chi connectivity index (χ1) is 11.0. The summed E-state index contributed by atoms with van der Waals surface area (Å²) < 4.78 is 4.90. The molecule has 122 valence electrons. The van der Waals surface area contributed by atoms with Crippen LogP contribution in [0.15, 0.2) is 58.3 Å². The number of carbonyl (C=O) groups is 1. The van der Waals surface area contributed by atoms with Gasteiger partial charge in [0.25, 0.3) is 0 Å². The number of thiol groups is 1. The van der Waals surface area contributed by atoms with Gasteiger partial charge in [0, 0.05) is 14.5 Å². The van der Waals surface area contributed by atoms with Gasteiger partial charge in [0.2, 0.25) is 0 Å². The molecule has 0 amide bonds. The van der Waals surface area contributed by atoms with Gasteiger partial charge in [-0.1, -0.05) is 30.8 Å². The van der Waals surface area contributed by atoms with Gasteiger partial charge in [0.05, 0.1) is 12.2 Å². The van der Waals surface area contributed by atoms with E-state index in [1.54, 1.807) is 30.8 Å². The number of esters is 1. The first kappa shape index (κ1) is 18.0. The molecule has 2 nitrogen and oxygen atoms in total. The number of rotatable bonds is 6. The van der Waals surface area contributed by atoms with Gasteiger partial charge in [-0.15, -0.1) is 0 Å². The minimum atomic E-state index is -0.277. The molecule has 0 fully saturated rings. The van der Waals surface area contributed by atoms with Gasteiger partial charge in [-0.25, -0.2) is 4.79 Å². The van der Waals surface area contributed by atoms with Crippen molar-refractivity contribution in [2.24, 2.45) is 0 Å². The van der Waals surface area contributed by atoms with Crippen LogP contribution in [-0.2, 0) is 9.48 Å². The molecule has 2 rings (SSSR count). The average Bonchev–Trinajstić information content (AvgIpc) is 2.56. The third kappa shape index (κ3) is 4.79. The highest BCUT2D eigenvalue weighted by molar-refractivity contribution is 7.99. The van der Waals surface area contributed by atoms with E-state index in [4.69, 9.17) is 17.4 Å². The quantitative estimate of drug-likeness (QED) is 0.547. The van der Waals surface area contributed by atoms with E-state index in [9.17, 15) is 4.79 Å². The number of hydrogen-bond acceptors (Lipinski definition) is 4. The lowest BCUT2D eigenvalue weighted by Gasteiger charge is -2.22. The Balaban J connectivity index is 2.06. The smallest absolute Gasteiger partial charge is 0.338 e. The van der Waals surface area contributed by atoms with E-state index in [0.717, 1.165) is 16.2 Å². The van der Waals surface area contributed by atoms with Crippen LogP contribution >= 0.6 is 24.4 Å². The summed E-state index contributed by atoms with van der Waals surface area (Å²) in [4.78, 5) is 13.9. The molecule has 0 N–H and O–H groups in total. The van der Waals surface area contributed by atoms with Gasteiger partial charge < -0.3 is 4.74 Å². The van der Waals surface area contributed by atoms with Gasteiger partial charge in [-0.2, -0.15) is 12.6 Å². The molecule has 0 saturated heterocycles. The largest absolute Gasteiger partial charge is 0.462 e. The number of carbonyl (C=O) groups excluding carboxylic acids is 1. The zero-order chi connectivity index (χ0) is 16.9. The summed E-state index contributed by atoms with van der Waals surface area (Å²) in [6.07, 6.45) is 0.984. The van der Waals surface area contributed by atoms with Crippen molar-refractivity contribution in [1.29, 1.82) is 0 Å². The van der Waals surface area contributed by atoms with E-state index in [-0.39, 0.29) is 10.7 Å². The molecule has 0 aromatic heterocycles. The molecule has 0 radical (unpaired) electrons. The van der Waals surface area contributed by atoms with E-state index < -0.39 is 0 Å². The van der Waals surface area contributed by atoms with Gasteiger partial charge in [-0.05, 0) is 62.2 Å². The Bertz CT molecular complexity index is 646. The summed E-state index contributed by atoms with van der Waals surface area (Å²) in [5.41, 5.74) is 1.81. The van der Waals surface area contributed by atoms with Crippen LogP contribution in [0.1, 0.15) is 43.1 Å². The van der Waals surface area contributed by atoms with Crippen molar-refractivity contribution >= 4 is 30.4 Å². The fourth-order valence-corrected chi connectivity index (χ4v) is 3.06. The van der Waals surface area contributed by atoms with Crippen molar-refractivity contribution in [3.63, 3.8) is 0 Å². The molecule has 0 heterocycles. The predicted molar refractivity (Wildman–Crippen MR) is 99.6 cm³/mol. The SMILES string of the molecule is CCOC(=O)c1ccc(Sc2ccc(C(C)(S)CC)cc2)cc1. The van der Waals surface area contributed by atoms with E-state index in [2.05, 4.69) is 38.1 Å². The number of hydrogen-bond donors (Lipinski definition) is 1. The lowest BCUT2D eigenvalue weighted by Crippen LogP contribution is -2.11. The molecule has 0 aliphatic heterocycles. The zero-order valence-corrected chi connectivity index (χ0v) is 15.4. The molecule has 23 heavy (non-hydrogen) atoms. The summed E-state index contributed by atoms with van der Waals surface area (Å²) in [7, 11) is 0. The Kier molecular flexibility index (Phi) is 6.19. The molecule has 0 saturated carbocycles. The van der Waals surface area contributed by atoms with Gasteiger partial charge >= 0.3 is 5.97 Å². The first-order valence-electron chi connectivity index (χ1n) is 7.74. The minimum absolute atomic E-state index is 0.0928. The third-order valence-corrected chi connectivity index (χ3v) is 5.36. The van der Waals surface area contributed by atoms with Crippen LogP contribution in [0.2, 0.25) is 0 Å². The van der Waals surface area contributed by atoms with Crippen molar-refractivity contribution in [3.05, 3.63) is 59.7 Å². The molecule has 4 heteroatoms. The Labute approximate surface area is 148 Å². The molecule has 0 aliphatic rings. The minimum Gasteiger partial charge on any atom is -0.462 e. The molecular weight excluding hydrogens is 324 g/mol. The number of ether oxygens (including phenoxy) is 1. The van der Waals surface area contributed by atoms with Crippen LogP contribution in [-0.4, -0.2) is 12.6 Å². The average molecular weight is 347 g/mol. The Morgan fingerprint density at radius 3 is 2.04 bits per heavy atom. The van der Waals surface area contributed by atoms with Crippen molar-refractivity contribution in [2.75, 3.05) is 6.61 Å². The Morgan fingerprint density at radius 2 is 1.57 bits per heavy atom. The molecule has 0 aliphatic carbocycles. The van der Waals surface area contributed by atoms with Gasteiger partial charge in [-0.3, -0.25) is 0 Å². The molecule has 0 spiro atoms. The van der Waals surface area contributed by atoms with Crippen LogP contribution in [0.4, 0.5) is 0 Å². The van der Waals surface area contributed by atoms with E-state index in [0.29, 0.717) is 12.2 Å². The molecular formula is C19H22O2S2. The summed E-state index contributed by atoms with van der Waals surface area (Å²) in [6.45, 7) is 6.47. The Morgan fingerprint density at radius 1 is 1.04 bits per heavy atom. The third-order valence-electron chi connectivity index (χ3n) is 3.77. The van der Waals surface area contributed by atoms with Crippen LogP contribution in [0, 0.1) is 0 Å². The van der Waals surface area contributed by atoms with Gasteiger partial charge in [0.1, 0.15) is 0 Å². The standard InChI is InChI=1S/C19H22O2S2/c1-4-19(3,22)15-8-12-17(13-9-15)23-16-10-6-14(7-11-16)18(20)21-5-2/h6-13,22H,4-5H2,1-3H3.